The Bertz CT molecular complexity index is 129. The van der Waals surface area contributed by atoms with Crippen LogP contribution in [0.3, 0.4) is 0 Å². The monoisotopic (exact) mass is 163 g/mol. The van der Waals surface area contributed by atoms with Gasteiger partial charge in [0.25, 0.3) is 5.97 Å². The van der Waals surface area contributed by atoms with E-state index < -0.39 is 12.1 Å². The molecule has 0 aromatic heterocycles. The molecule has 0 heterocycles. The minimum atomic E-state index is -0.833. The summed E-state index contributed by atoms with van der Waals surface area (Å²) in [7, 11) is 0. The van der Waals surface area contributed by atoms with Crippen molar-refractivity contribution in [3.63, 3.8) is 0 Å². The summed E-state index contributed by atoms with van der Waals surface area (Å²) in [5.74, 6) is -0.833. The maximum atomic E-state index is 9.81. The highest BCUT2D eigenvalue weighted by Gasteiger charge is 1.94. The fourth-order valence-corrected chi connectivity index (χ4v) is 0.232. The molecule has 0 saturated carbocycles. The van der Waals surface area contributed by atoms with Gasteiger partial charge < -0.3 is 15.6 Å². The molecule has 0 aliphatic carbocycles. The van der Waals surface area contributed by atoms with Gasteiger partial charge in [-0.25, -0.2) is 4.79 Å². The van der Waals surface area contributed by atoms with Gasteiger partial charge in [0.1, 0.15) is 0 Å². The molecule has 0 spiro atoms. The van der Waals surface area contributed by atoms with Gasteiger partial charge in [0.2, 0.25) is 0 Å². The number of carboxylic acid groups (broad SMARTS) is 1. The Morgan fingerprint density at radius 2 is 1.73 bits per heavy atom. The molecule has 0 unspecified atom stereocenters. The average Bonchev–Trinajstić information content (AvgIpc) is 1.56. The van der Waals surface area contributed by atoms with Crippen molar-refractivity contribution in [3.05, 3.63) is 0 Å². The number of carbonyl (C=O) groups excluding carboxylic acids is 1. The molecule has 0 aliphatic rings. The van der Waals surface area contributed by atoms with Crippen LogP contribution in [0, 0.1) is 0 Å². The Morgan fingerprint density at radius 3 is 1.73 bits per heavy atom. The number of amides is 1. The van der Waals surface area contributed by atoms with E-state index in [9.17, 15) is 4.79 Å². The van der Waals surface area contributed by atoms with E-state index in [1.165, 1.54) is 0 Å². The SMILES string of the molecule is CC(=O)O.CC(C)OC(N)=O. The van der Waals surface area contributed by atoms with Crippen LogP contribution in [0.1, 0.15) is 20.8 Å². The predicted octanol–water partition coefficient (Wildman–Crippen LogP) is 0.581. The van der Waals surface area contributed by atoms with E-state index in [1.54, 1.807) is 13.8 Å². The largest absolute Gasteiger partial charge is 0.481 e. The molecule has 1 amide bonds. The smallest absolute Gasteiger partial charge is 0.404 e. The summed E-state index contributed by atoms with van der Waals surface area (Å²) in [5.41, 5.74) is 4.63. The molecule has 0 aromatic rings. The molecular formula is C6H13NO4. The Labute approximate surface area is 65.1 Å². The zero-order chi connectivity index (χ0) is 9.44. The molecule has 0 saturated heterocycles. The van der Waals surface area contributed by atoms with Crippen molar-refractivity contribution in [3.8, 4) is 0 Å². The first kappa shape index (κ1) is 12.4. The van der Waals surface area contributed by atoms with E-state index in [0.717, 1.165) is 6.92 Å². The second-order valence-electron chi connectivity index (χ2n) is 2.00. The summed E-state index contributed by atoms with van der Waals surface area (Å²) in [6, 6.07) is 0. The van der Waals surface area contributed by atoms with Gasteiger partial charge in [-0.1, -0.05) is 0 Å². The standard InChI is InChI=1S/C4H9NO2.C2H4O2/c1-3(2)7-4(5)6;1-2(3)4/h3H,1-2H3,(H2,5,6);1H3,(H,3,4). The Balaban J connectivity index is 0. The average molecular weight is 163 g/mol. The molecule has 11 heavy (non-hydrogen) atoms. The van der Waals surface area contributed by atoms with Gasteiger partial charge >= 0.3 is 6.09 Å². The topological polar surface area (TPSA) is 89.6 Å². The van der Waals surface area contributed by atoms with E-state index in [-0.39, 0.29) is 6.10 Å². The van der Waals surface area contributed by atoms with Crippen molar-refractivity contribution < 1.29 is 19.4 Å². The van der Waals surface area contributed by atoms with Crippen LogP contribution >= 0.6 is 0 Å². The molecule has 5 heteroatoms. The van der Waals surface area contributed by atoms with Crippen molar-refractivity contribution >= 4 is 12.1 Å². The third kappa shape index (κ3) is 52.9. The molecule has 0 bridgehead atoms. The minimum absolute atomic E-state index is 0.0995. The van der Waals surface area contributed by atoms with E-state index in [0.29, 0.717) is 0 Å². The first-order chi connectivity index (χ1) is 4.86. The number of ether oxygens (including phenoxy) is 1. The quantitative estimate of drug-likeness (QED) is 0.591. The van der Waals surface area contributed by atoms with E-state index in [4.69, 9.17) is 9.90 Å². The number of carbonyl (C=O) groups is 2. The highest BCUT2D eigenvalue weighted by atomic mass is 16.6. The van der Waals surface area contributed by atoms with E-state index in [1.807, 2.05) is 0 Å². The Hall–Kier alpha value is -1.26. The summed E-state index contributed by atoms with van der Waals surface area (Å²) in [4.78, 5) is 18.8. The molecule has 0 fully saturated rings. The highest BCUT2D eigenvalue weighted by Crippen LogP contribution is 1.83. The van der Waals surface area contributed by atoms with Crippen LogP contribution in [0.5, 0.6) is 0 Å². The molecule has 5 nitrogen and oxygen atoms in total. The number of aliphatic carboxylic acids is 1. The lowest BCUT2D eigenvalue weighted by atomic mass is 10.5. The van der Waals surface area contributed by atoms with Crippen molar-refractivity contribution in [1.29, 1.82) is 0 Å². The van der Waals surface area contributed by atoms with Crippen LogP contribution in [0.15, 0.2) is 0 Å². The summed E-state index contributed by atoms with van der Waals surface area (Å²) in [6.45, 7) is 4.56. The van der Waals surface area contributed by atoms with Crippen molar-refractivity contribution in [1.82, 2.24) is 0 Å². The maximum Gasteiger partial charge on any atom is 0.404 e. The van der Waals surface area contributed by atoms with E-state index in [2.05, 4.69) is 10.5 Å². The molecule has 0 aliphatic heterocycles. The first-order valence-corrected chi connectivity index (χ1v) is 3.02. The Kier molecular flexibility index (Phi) is 7.74. The molecule has 0 aromatic carbocycles. The molecule has 66 valence electrons. The number of nitrogens with two attached hydrogens (primary N) is 1. The van der Waals surface area contributed by atoms with Gasteiger partial charge in [-0.2, -0.15) is 0 Å². The first-order valence-electron chi connectivity index (χ1n) is 3.02. The highest BCUT2D eigenvalue weighted by molar-refractivity contribution is 5.64. The number of rotatable bonds is 1. The molecule has 0 radical (unpaired) electrons. The summed E-state index contributed by atoms with van der Waals surface area (Å²) in [5, 5.41) is 7.42. The fraction of sp³-hybridized carbons (Fsp3) is 0.667. The predicted molar refractivity (Wildman–Crippen MR) is 39.1 cm³/mol. The zero-order valence-corrected chi connectivity index (χ0v) is 6.83. The van der Waals surface area contributed by atoms with Crippen LogP contribution in [0.4, 0.5) is 4.79 Å². The van der Waals surface area contributed by atoms with Gasteiger partial charge in [-0.3, -0.25) is 4.79 Å². The van der Waals surface area contributed by atoms with Crippen LogP contribution in [-0.2, 0) is 9.53 Å². The van der Waals surface area contributed by atoms with Crippen LogP contribution in [0.25, 0.3) is 0 Å². The third-order valence-corrected chi connectivity index (χ3v) is 0.352. The normalized spacial score (nSPS) is 8.00. The third-order valence-electron chi connectivity index (χ3n) is 0.352. The van der Waals surface area contributed by atoms with Crippen LogP contribution in [0.2, 0.25) is 0 Å². The van der Waals surface area contributed by atoms with Crippen molar-refractivity contribution in [2.75, 3.05) is 0 Å². The number of hydrogen-bond donors (Lipinski definition) is 2. The number of hydrogen-bond acceptors (Lipinski definition) is 3. The van der Waals surface area contributed by atoms with Gasteiger partial charge in [0.15, 0.2) is 0 Å². The molecular weight excluding hydrogens is 150 g/mol. The summed E-state index contributed by atoms with van der Waals surface area (Å²) < 4.78 is 4.39. The number of carboxylic acids is 1. The molecule has 3 N–H and O–H groups in total. The zero-order valence-electron chi connectivity index (χ0n) is 6.83. The second-order valence-corrected chi connectivity index (χ2v) is 2.00. The molecule has 0 atom stereocenters. The van der Waals surface area contributed by atoms with Gasteiger partial charge in [0.05, 0.1) is 6.10 Å². The van der Waals surface area contributed by atoms with Crippen molar-refractivity contribution in [2.45, 2.75) is 26.9 Å². The summed E-state index contributed by atoms with van der Waals surface area (Å²) in [6.07, 6.45) is -0.813. The van der Waals surface area contributed by atoms with Gasteiger partial charge in [0, 0.05) is 6.92 Å². The van der Waals surface area contributed by atoms with E-state index >= 15 is 0 Å². The van der Waals surface area contributed by atoms with Gasteiger partial charge in [-0.15, -0.1) is 0 Å². The lowest BCUT2D eigenvalue weighted by Gasteiger charge is -2.01. The van der Waals surface area contributed by atoms with Gasteiger partial charge in [-0.05, 0) is 13.8 Å². The summed E-state index contributed by atoms with van der Waals surface area (Å²) >= 11 is 0. The second kappa shape index (κ2) is 6.85. The Morgan fingerprint density at radius 1 is 1.45 bits per heavy atom. The maximum absolute atomic E-state index is 9.81. The number of primary amides is 1. The lowest BCUT2D eigenvalue weighted by molar-refractivity contribution is -0.134. The van der Waals surface area contributed by atoms with Crippen molar-refractivity contribution in [2.24, 2.45) is 5.73 Å². The minimum Gasteiger partial charge on any atom is -0.481 e. The lowest BCUT2D eigenvalue weighted by Crippen LogP contribution is -2.17. The van der Waals surface area contributed by atoms with Crippen LogP contribution < -0.4 is 5.73 Å². The molecule has 0 rings (SSSR count). The van der Waals surface area contributed by atoms with Crippen LogP contribution in [-0.4, -0.2) is 23.3 Å². The fourth-order valence-electron chi connectivity index (χ4n) is 0.232.